The molecule has 1 fully saturated rings. The van der Waals surface area contributed by atoms with Crippen LogP contribution in [0.4, 0.5) is 0 Å². The summed E-state index contributed by atoms with van der Waals surface area (Å²) in [5.41, 5.74) is -0.325. The van der Waals surface area contributed by atoms with Crippen LogP contribution in [0.1, 0.15) is 72.1 Å². The minimum Gasteiger partial charge on any atom is -0.480 e. The first kappa shape index (κ1) is 17.0. The maximum Gasteiger partial charge on any atom is 0.326 e. The van der Waals surface area contributed by atoms with Gasteiger partial charge in [-0.05, 0) is 31.6 Å². The van der Waals surface area contributed by atoms with E-state index in [0.717, 1.165) is 44.9 Å². The molecule has 1 amide bonds. The van der Waals surface area contributed by atoms with E-state index in [1.165, 1.54) is 0 Å². The lowest BCUT2D eigenvalue weighted by atomic mass is 9.77. The summed E-state index contributed by atoms with van der Waals surface area (Å²) in [6.07, 6.45) is 7.10. The zero-order chi connectivity index (χ0) is 15.2. The van der Waals surface area contributed by atoms with E-state index in [1.807, 2.05) is 6.92 Å². The lowest BCUT2D eigenvalue weighted by molar-refractivity contribution is -0.144. The zero-order valence-corrected chi connectivity index (χ0v) is 13.1. The molecule has 0 aromatic rings. The molecule has 116 valence electrons. The maximum absolute atomic E-state index is 12.6. The number of aliphatic carboxylic acids is 1. The van der Waals surface area contributed by atoms with Crippen molar-refractivity contribution in [3.63, 3.8) is 0 Å². The summed E-state index contributed by atoms with van der Waals surface area (Å²) in [4.78, 5) is 23.9. The van der Waals surface area contributed by atoms with Gasteiger partial charge in [-0.1, -0.05) is 46.5 Å². The number of rotatable bonds is 8. The van der Waals surface area contributed by atoms with Gasteiger partial charge in [-0.15, -0.1) is 0 Å². The Balaban J connectivity index is 2.71. The molecule has 2 N–H and O–H groups in total. The molecular weight excluding hydrogens is 254 g/mol. The summed E-state index contributed by atoms with van der Waals surface area (Å²) >= 11 is 0. The number of carbonyl (C=O) groups excluding carboxylic acids is 1. The molecule has 1 rings (SSSR count). The van der Waals surface area contributed by atoms with E-state index >= 15 is 0 Å². The molecule has 0 heterocycles. The van der Waals surface area contributed by atoms with Crippen LogP contribution in [-0.2, 0) is 9.59 Å². The van der Waals surface area contributed by atoms with Crippen LogP contribution in [0.5, 0.6) is 0 Å². The van der Waals surface area contributed by atoms with Crippen LogP contribution in [0.25, 0.3) is 0 Å². The van der Waals surface area contributed by atoms with Gasteiger partial charge in [0.25, 0.3) is 0 Å². The highest BCUT2D eigenvalue weighted by Crippen LogP contribution is 2.43. The molecule has 0 radical (unpaired) electrons. The van der Waals surface area contributed by atoms with Gasteiger partial charge in [-0.2, -0.15) is 0 Å². The molecule has 20 heavy (non-hydrogen) atoms. The Morgan fingerprint density at radius 1 is 1.25 bits per heavy atom. The fourth-order valence-corrected chi connectivity index (χ4v) is 3.33. The molecular formula is C16H29NO3. The van der Waals surface area contributed by atoms with Crippen LogP contribution in [0.3, 0.4) is 0 Å². The standard InChI is InChI=1S/C16H29NO3/c1-4-5-8-13(14(18)19)17-15(20)16(11-12(2)3)9-6-7-10-16/h12-13H,4-11H2,1-3H3,(H,17,20)(H,18,19)/t13-/m0/s1. The third-order valence-electron chi connectivity index (χ3n) is 4.29. The van der Waals surface area contributed by atoms with E-state index in [9.17, 15) is 14.7 Å². The van der Waals surface area contributed by atoms with Crippen LogP contribution < -0.4 is 5.32 Å². The van der Waals surface area contributed by atoms with Crippen molar-refractivity contribution in [3.8, 4) is 0 Å². The Hall–Kier alpha value is -1.06. The maximum atomic E-state index is 12.6. The summed E-state index contributed by atoms with van der Waals surface area (Å²) in [5, 5.41) is 12.0. The van der Waals surface area contributed by atoms with Crippen LogP contribution in [0.15, 0.2) is 0 Å². The molecule has 0 aromatic heterocycles. The first-order valence-electron chi connectivity index (χ1n) is 7.95. The predicted octanol–water partition coefficient (Wildman–Crippen LogP) is 3.35. The van der Waals surface area contributed by atoms with Crippen molar-refractivity contribution in [2.24, 2.45) is 11.3 Å². The first-order valence-corrected chi connectivity index (χ1v) is 7.95. The van der Waals surface area contributed by atoms with Crippen molar-refractivity contribution in [1.29, 1.82) is 0 Å². The van der Waals surface area contributed by atoms with Gasteiger partial charge in [0.1, 0.15) is 6.04 Å². The molecule has 0 bridgehead atoms. The van der Waals surface area contributed by atoms with Gasteiger partial charge < -0.3 is 10.4 Å². The van der Waals surface area contributed by atoms with Crippen molar-refractivity contribution in [1.82, 2.24) is 5.32 Å². The number of hydrogen-bond acceptors (Lipinski definition) is 2. The van der Waals surface area contributed by atoms with Gasteiger partial charge in [-0.25, -0.2) is 4.79 Å². The van der Waals surface area contributed by atoms with Crippen molar-refractivity contribution < 1.29 is 14.7 Å². The first-order chi connectivity index (χ1) is 9.41. The Labute approximate surface area is 122 Å². The molecule has 4 heteroatoms. The predicted molar refractivity (Wildman–Crippen MR) is 79.4 cm³/mol. The molecule has 0 unspecified atom stereocenters. The molecule has 1 atom stereocenters. The minimum absolute atomic E-state index is 0.0350. The van der Waals surface area contributed by atoms with Crippen molar-refractivity contribution >= 4 is 11.9 Å². The highest BCUT2D eigenvalue weighted by atomic mass is 16.4. The summed E-state index contributed by atoms with van der Waals surface area (Å²) in [7, 11) is 0. The monoisotopic (exact) mass is 283 g/mol. The second kappa shape index (κ2) is 7.65. The molecule has 1 aliphatic rings. The van der Waals surface area contributed by atoms with E-state index in [2.05, 4.69) is 19.2 Å². The number of nitrogens with one attached hydrogen (secondary N) is 1. The molecule has 4 nitrogen and oxygen atoms in total. The molecule has 1 aliphatic carbocycles. The number of carboxylic acids is 1. The smallest absolute Gasteiger partial charge is 0.326 e. The third kappa shape index (κ3) is 4.50. The Morgan fingerprint density at radius 3 is 2.30 bits per heavy atom. The number of carbonyl (C=O) groups is 2. The molecule has 1 saturated carbocycles. The van der Waals surface area contributed by atoms with Gasteiger partial charge in [0.2, 0.25) is 5.91 Å². The highest BCUT2D eigenvalue weighted by molar-refractivity contribution is 5.87. The quantitative estimate of drug-likeness (QED) is 0.718. The topological polar surface area (TPSA) is 66.4 Å². The molecule has 0 spiro atoms. The van der Waals surface area contributed by atoms with Crippen LogP contribution in [0.2, 0.25) is 0 Å². The van der Waals surface area contributed by atoms with E-state index in [-0.39, 0.29) is 11.3 Å². The average molecular weight is 283 g/mol. The molecule has 0 aliphatic heterocycles. The minimum atomic E-state index is -0.913. The number of unbranched alkanes of at least 4 members (excludes halogenated alkanes) is 1. The van der Waals surface area contributed by atoms with E-state index in [1.54, 1.807) is 0 Å². The molecule has 0 aromatic carbocycles. The Morgan fingerprint density at radius 2 is 1.85 bits per heavy atom. The van der Waals surface area contributed by atoms with Gasteiger partial charge in [0.05, 0.1) is 0 Å². The van der Waals surface area contributed by atoms with Gasteiger partial charge in [-0.3, -0.25) is 4.79 Å². The van der Waals surface area contributed by atoms with Gasteiger partial charge >= 0.3 is 5.97 Å². The lowest BCUT2D eigenvalue weighted by Crippen LogP contribution is -2.48. The average Bonchev–Trinajstić information content (AvgIpc) is 2.82. The van der Waals surface area contributed by atoms with Gasteiger partial charge in [0, 0.05) is 5.41 Å². The van der Waals surface area contributed by atoms with Crippen molar-refractivity contribution in [2.75, 3.05) is 0 Å². The number of hydrogen-bond donors (Lipinski definition) is 2. The van der Waals surface area contributed by atoms with Gasteiger partial charge in [0.15, 0.2) is 0 Å². The summed E-state index contributed by atoms with van der Waals surface area (Å²) in [5.74, 6) is -0.491. The third-order valence-corrected chi connectivity index (χ3v) is 4.29. The Bertz CT molecular complexity index is 333. The van der Waals surface area contributed by atoms with E-state index in [0.29, 0.717) is 12.3 Å². The summed E-state index contributed by atoms with van der Waals surface area (Å²) < 4.78 is 0. The number of carboxylic acid groups (broad SMARTS) is 1. The largest absolute Gasteiger partial charge is 0.480 e. The summed E-state index contributed by atoms with van der Waals surface area (Å²) in [6, 6.07) is -0.730. The zero-order valence-electron chi connectivity index (χ0n) is 13.1. The second-order valence-corrected chi connectivity index (χ2v) is 6.59. The van der Waals surface area contributed by atoms with Crippen molar-refractivity contribution in [2.45, 2.75) is 78.2 Å². The fourth-order valence-electron chi connectivity index (χ4n) is 3.33. The highest BCUT2D eigenvalue weighted by Gasteiger charge is 2.42. The van der Waals surface area contributed by atoms with E-state index in [4.69, 9.17) is 0 Å². The Kier molecular flexibility index (Phi) is 6.50. The summed E-state index contributed by atoms with van der Waals surface area (Å²) in [6.45, 7) is 6.27. The van der Waals surface area contributed by atoms with Crippen LogP contribution in [0, 0.1) is 11.3 Å². The normalized spacial score (nSPS) is 19.0. The second-order valence-electron chi connectivity index (χ2n) is 6.59. The number of amides is 1. The van der Waals surface area contributed by atoms with Crippen LogP contribution >= 0.6 is 0 Å². The molecule has 0 saturated heterocycles. The fraction of sp³-hybridized carbons (Fsp3) is 0.875. The van der Waals surface area contributed by atoms with E-state index < -0.39 is 12.0 Å². The lowest BCUT2D eigenvalue weighted by Gasteiger charge is -2.31. The SMILES string of the molecule is CCCC[C@H](NC(=O)C1(CC(C)C)CCCC1)C(=O)O. The van der Waals surface area contributed by atoms with Crippen molar-refractivity contribution in [3.05, 3.63) is 0 Å². The van der Waals surface area contributed by atoms with Crippen LogP contribution in [-0.4, -0.2) is 23.0 Å².